The molecule has 0 aliphatic carbocycles. The third-order valence-corrected chi connectivity index (χ3v) is 4.78. The van der Waals surface area contributed by atoms with Gasteiger partial charge in [-0.05, 0) is 61.5 Å². The molecular weight excluding hydrogens is 400 g/mol. The zero-order valence-corrected chi connectivity index (χ0v) is 18.2. The number of nitrogens with one attached hydrogen (secondary N) is 2. The Labute approximate surface area is 181 Å². The van der Waals surface area contributed by atoms with E-state index in [0.29, 0.717) is 23.7 Å². The van der Waals surface area contributed by atoms with Crippen molar-refractivity contribution in [3.05, 3.63) is 64.4 Å². The van der Waals surface area contributed by atoms with E-state index in [1.807, 2.05) is 62.4 Å². The molecule has 1 heterocycles. The lowest BCUT2D eigenvalue weighted by Crippen LogP contribution is -2.27. The summed E-state index contributed by atoms with van der Waals surface area (Å²) < 4.78 is 12.9. The van der Waals surface area contributed by atoms with E-state index in [-0.39, 0.29) is 18.6 Å². The number of aromatic amines is 1. The van der Waals surface area contributed by atoms with Gasteiger partial charge in [0.05, 0.1) is 19.8 Å². The molecule has 0 saturated heterocycles. The molecule has 0 saturated carbocycles. The summed E-state index contributed by atoms with van der Waals surface area (Å²) in [5.41, 5.74) is 2.93. The largest absolute Gasteiger partial charge is 0.497 e. The van der Waals surface area contributed by atoms with Gasteiger partial charge < -0.3 is 14.8 Å². The van der Waals surface area contributed by atoms with E-state index in [1.54, 1.807) is 11.7 Å². The fourth-order valence-electron chi connectivity index (χ4n) is 2.92. The number of ether oxygens (including phenoxy) is 2. The second kappa shape index (κ2) is 10.2. The molecular formula is C22H26N4O3S. The summed E-state index contributed by atoms with van der Waals surface area (Å²) >= 11 is 5.31. The quantitative estimate of drug-likeness (QED) is 0.508. The highest BCUT2D eigenvalue weighted by atomic mass is 32.1. The van der Waals surface area contributed by atoms with Gasteiger partial charge in [0.25, 0.3) is 0 Å². The summed E-state index contributed by atoms with van der Waals surface area (Å²) in [5, 5.41) is 9.98. The maximum Gasteiger partial charge on any atom is 0.240 e. The predicted octanol–water partition coefficient (Wildman–Crippen LogP) is 3.86. The molecule has 2 aromatic carbocycles. The Bertz CT molecular complexity index is 1040. The number of benzene rings is 2. The average Bonchev–Trinajstić information content (AvgIpc) is 3.11. The Morgan fingerprint density at radius 3 is 2.63 bits per heavy atom. The van der Waals surface area contributed by atoms with Crippen LogP contribution in [-0.4, -0.2) is 33.9 Å². The van der Waals surface area contributed by atoms with Crippen molar-refractivity contribution in [2.24, 2.45) is 0 Å². The lowest BCUT2D eigenvalue weighted by atomic mass is 10.1. The number of amides is 1. The van der Waals surface area contributed by atoms with Gasteiger partial charge in [0.2, 0.25) is 5.91 Å². The van der Waals surface area contributed by atoms with Crippen LogP contribution in [0.3, 0.4) is 0 Å². The van der Waals surface area contributed by atoms with Crippen molar-refractivity contribution in [1.82, 2.24) is 20.1 Å². The summed E-state index contributed by atoms with van der Waals surface area (Å²) in [7, 11) is 1.61. The zero-order valence-electron chi connectivity index (χ0n) is 17.3. The maximum atomic E-state index is 12.6. The molecule has 3 aromatic rings. The Hall–Kier alpha value is -2.97. The second-order valence-corrected chi connectivity index (χ2v) is 7.51. The van der Waals surface area contributed by atoms with Crippen LogP contribution < -0.4 is 10.1 Å². The highest BCUT2D eigenvalue weighted by Gasteiger charge is 2.12. The minimum absolute atomic E-state index is 0.0762. The van der Waals surface area contributed by atoms with Gasteiger partial charge >= 0.3 is 0 Å². The van der Waals surface area contributed by atoms with E-state index >= 15 is 0 Å². The highest BCUT2D eigenvalue weighted by molar-refractivity contribution is 7.71. The first-order chi connectivity index (χ1) is 14.5. The molecule has 158 valence electrons. The number of nitrogens with zero attached hydrogens (tertiary/aromatic N) is 2. The predicted molar refractivity (Wildman–Crippen MR) is 118 cm³/mol. The zero-order chi connectivity index (χ0) is 21.5. The smallest absolute Gasteiger partial charge is 0.240 e. The first kappa shape index (κ1) is 21.7. The molecule has 0 spiro atoms. The number of methoxy groups -OCH3 is 1. The van der Waals surface area contributed by atoms with Crippen molar-refractivity contribution in [2.75, 3.05) is 7.11 Å². The highest BCUT2D eigenvalue weighted by Crippen LogP contribution is 2.20. The molecule has 1 aromatic heterocycles. The Morgan fingerprint density at radius 2 is 1.93 bits per heavy atom. The molecule has 0 aliphatic rings. The van der Waals surface area contributed by atoms with Crippen LogP contribution >= 0.6 is 12.2 Å². The third kappa shape index (κ3) is 5.77. The molecule has 0 fully saturated rings. The lowest BCUT2D eigenvalue weighted by molar-refractivity contribution is -0.121. The number of H-pyrrole nitrogens is 1. The van der Waals surface area contributed by atoms with Gasteiger partial charge in [0.1, 0.15) is 12.3 Å². The Morgan fingerprint density at radius 1 is 1.20 bits per heavy atom. The third-order valence-electron chi connectivity index (χ3n) is 4.47. The van der Waals surface area contributed by atoms with E-state index in [4.69, 9.17) is 21.7 Å². The summed E-state index contributed by atoms with van der Waals surface area (Å²) in [6.45, 7) is 5.07. The maximum absolute atomic E-state index is 12.6. The van der Waals surface area contributed by atoms with Crippen molar-refractivity contribution in [1.29, 1.82) is 0 Å². The fraction of sp³-hybridized carbons (Fsp3) is 0.318. The van der Waals surface area contributed by atoms with Crippen LogP contribution in [0.1, 0.15) is 25.0 Å². The SMILES string of the molecule is COc1ccc(-c2n[nH]c(=S)n2CC(=O)NCc2cccc(COC(C)C)c2)cc1. The van der Waals surface area contributed by atoms with E-state index in [1.165, 1.54) is 0 Å². The molecule has 3 rings (SSSR count). The van der Waals surface area contributed by atoms with E-state index in [0.717, 1.165) is 22.4 Å². The minimum atomic E-state index is -0.147. The van der Waals surface area contributed by atoms with E-state index in [9.17, 15) is 4.79 Å². The molecule has 0 aliphatic heterocycles. The molecule has 0 unspecified atom stereocenters. The first-order valence-corrected chi connectivity index (χ1v) is 10.1. The molecule has 1 amide bonds. The van der Waals surface area contributed by atoms with E-state index in [2.05, 4.69) is 15.5 Å². The van der Waals surface area contributed by atoms with Gasteiger partial charge in [-0.2, -0.15) is 5.10 Å². The van der Waals surface area contributed by atoms with Crippen molar-refractivity contribution >= 4 is 18.1 Å². The molecule has 0 radical (unpaired) electrons. The van der Waals surface area contributed by atoms with Crippen LogP contribution in [0.5, 0.6) is 5.75 Å². The summed E-state index contributed by atoms with van der Waals surface area (Å²) in [6.07, 6.45) is 0.174. The minimum Gasteiger partial charge on any atom is -0.497 e. The molecule has 8 heteroatoms. The standard InChI is InChI=1S/C22H26N4O3S/c1-15(2)29-14-17-6-4-5-16(11-17)12-23-20(27)13-26-21(24-25-22(26)30)18-7-9-19(28-3)10-8-18/h4-11,15H,12-14H2,1-3H3,(H,23,27)(H,25,30). The fourth-order valence-corrected chi connectivity index (χ4v) is 3.11. The topological polar surface area (TPSA) is 81.2 Å². The lowest BCUT2D eigenvalue weighted by Gasteiger charge is -2.11. The summed E-state index contributed by atoms with van der Waals surface area (Å²) in [4.78, 5) is 12.6. The molecule has 30 heavy (non-hydrogen) atoms. The Kier molecular flexibility index (Phi) is 7.37. The molecule has 0 atom stereocenters. The van der Waals surface area contributed by atoms with Gasteiger partial charge in [-0.15, -0.1) is 0 Å². The molecule has 0 bridgehead atoms. The van der Waals surface area contributed by atoms with Gasteiger partial charge in [-0.3, -0.25) is 14.5 Å². The normalized spacial score (nSPS) is 10.9. The van der Waals surface area contributed by atoms with Crippen LogP contribution in [0.4, 0.5) is 0 Å². The number of carbonyl (C=O) groups excluding carboxylic acids is 1. The Balaban J connectivity index is 1.64. The van der Waals surface area contributed by atoms with Gasteiger partial charge in [-0.25, -0.2) is 0 Å². The molecule has 2 N–H and O–H groups in total. The van der Waals surface area contributed by atoms with Crippen molar-refractivity contribution in [2.45, 2.75) is 39.6 Å². The van der Waals surface area contributed by atoms with Gasteiger partial charge in [-0.1, -0.05) is 24.3 Å². The van der Waals surface area contributed by atoms with Crippen LogP contribution in [-0.2, 0) is 29.2 Å². The van der Waals surface area contributed by atoms with E-state index < -0.39 is 0 Å². The van der Waals surface area contributed by atoms with Crippen LogP contribution in [0.25, 0.3) is 11.4 Å². The van der Waals surface area contributed by atoms with Crippen molar-refractivity contribution in [3.8, 4) is 17.1 Å². The van der Waals surface area contributed by atoms with Crippen LogP contribution in [0.15, 0.2) is 48.5 Å². The van der Waals surface area contributed by atoms with Crippen molar-refractivity contribution < 1.29 is 14.3 Å². The number of carbonyl (C=O) groups is 1. The van der Waals surface area contributed by atoms with Gasteiger partial charge in [0, 0.05) is 12.1 Å². The summed E-state index contributed by atoms with van der Waals surface area (Å²) in [6, 6.07) is 15.4. The van der Waals surface area contributed by atoms with Gasteiger partial charge in [0.15, 0.2) is 10.6 Å². The number of hydrogen-bond acceptors (Lipinski definition) is 5. The summed E-state index contributed by atoms with van der Waals surface area (Å²) in [5.74, 6) is 1.20. The van der Waals surface area contributed by atoms with Crippen LogP contribution in [0.2, 0.25) is 0 Å². The second-order valence-electron chi connectivity index (χ2n) is 7.12. The molecule has 7 nitrogen and oxygen atoms in total. The first-order valence-electron chi connectivity index (χ1n) is 9.72. The number of aromatic nitrogens is 3. The number of rotatable bonds is 9. The van der Waals surface area contributed by atoms with Crippen molar-refractivity contribution in [3.63, 3.8) is 0 Å². The average molecular weight is 427 g/mol. The van der Waals surface area contributed by atoms with Crippen LogP contribution in [0, 0.1) is 4.77 Å². The monoisotopic (exact) mass is 426 g/mol. The number of hydrogen-bond donors (Lipinski definition) is 2.